The molecule has 0 bridgehead atoms. The van der Waals surface area contributed by atoms with Crippen LogP contribution >= 0.6 is 0 Å². The van der Waals surface area contributed by atoms with E-state index in [-0.39, 0.29) is 36.0 Å². The molecule has 2 rings (SSSR count). The van der Waals surface area contributed by atoms with Crippen molar-refractivity contribution in [2.45, 2.75) is 19.3 Å². The van der Waals surface area contributed by atoms with Gasteiger partial charge in [-0.05, 0) is 24.5 Å². The first-order chi connectivity index (χ1) is 7.27. The third-order valence-electron chi connectivity index (χ3n) is 2.51. The first-order valence-corrected chi connectivity index (χ1v) is 5.04. The fourth-order valence-electron chi connectivity index (χ4n) is 1.77. The minimum absolute atomic E-state index is 0. The molecular weight excluding hydrogens is 213 g/mol. The molecule has 0 aliphatic carbocycles. The van der Waals surface area contributed by atoms with Crippen molar-refractivity contribution < 1.29 is 9.90 Å². The van der Waals surface area contributed by atoms with E-state index in [0.29, 0.717) is 6.42 Å². The number of hydrogen-bond acceptors (Lipinski definition) is 1. The molecule has 0 atom stereocenters. The predicted octanol–water partition coefficient (Wildman–Crippen LogP) is 2.19. The molecule has 0 spiro atoms. The van der Waals surface area contributed by atoms with Crippen molar-refractivity contribution in [3.05, 3.63) is 36.0 Å². The van der Waals surface area contributed by atoms with Gasteiger partial charge in [0.2, 0.25) is 0 Å². The Balaban J connectivity index is 0.00000128. The van der Waals surface area contributed by atoms with E-state index in [4.69, 9.17) is 5.11 Å². The van der Waals surface area contributed by atoms with Crippen molar-refractivity contribution in [2.75, 3.05) is 0 Å². The second-order valence-corrected chi connectivity index (χ2v) is 3.61. The maximum Gasteiger partial charge on any atom is 0.303 e. The number of aryl methyl sites for hydroxylation is 1. The smallest absolute Gasteiger partial charge is 0.303 e. The van der Waals surface area contributed by atoms with Gasteiger partial charge in [0.15, 0.2) is 0 Å². The minimum Gasteiger partial charge on any atom is -0.481 e. The van der Waals surface area contributed by atoms with Gasteiger partial charge in [-0.15, -0.1) is 0 Å². The van der Waals surface area contributed by atoms with Crippen LogP contribution in [0.3, 0.4) is 0 Å². The number of carboxylic acid groups (broad SMARTS) is 1. The van der Waals surface area contributed by atoms with Crippen LogP contribution in [0.1, 0.15) is 18.4 Å². The van der Waals surface area contributed by atoms with Gasteiger partial charge < -0.3 is 10.1 Å². The molecule has 0 fully saturated rings. The molecule has 1 aromatic heterocycles. The van der Waals surface area contributed by atoms with Gasteiger partial charge in [0.25, 0.3) is 0 Å². The number of carbonyl (C=O) groups is 1. The Morgan fingerprint density at radius 2 is 2.06 bits per heavy atom. The number of aromatic nitrogens is 1. The Kier molecular flexibility index (Phi) is 5.06. The van der Waals surface area contributed by atoms with E-state index in [0.717, 1.165) is 11.9 Å². The van der Waals surface area contributed by atoms with E-state index in [1.807, 2.05) is 24.4 Å². The normalized spacial score (nSPS) is 10.0. The minimum atomic E-state index is -0.727. The number of hydrogen-bond donors (Lipinski definition) is 2. The molecule has 3 nitrogen and oxygen atoms in total. The van der Waals surface area contributed by atoms with E-state index < -0.39 is 5.97 Å². The molecule has 2 aromatic rings. The fourth-order valence-corrected chi connectivity index (χ4v) is 1.77. The molecule has 1 radical (unpaired) electrons. The fraction of sp³-hybridized carbons (Fsp3) is 0.250. The van der Waals surface area contributed by atoms with Gasteiger partial charge in [0.05, 0.1) is 0 Å². The molecule has 0 amide bonds. The average molecular weight is 226 g/mol. The quantitative estimate of drug-likeness (QED) is 0.785. The third-order valence-corrected chi connectivity index (χ3v) is 2.51. The molecule has 0 aliphatic rings. The summed E-state index contributed by atoms with van der Waals surface area (Å²) in [6.45, 7) is 0. The summed E-state index contributed by atoms with van der Waals surface area (Å²) >= 11 is 0. The SMILES string of the molecule is O=C(O)CCCc1c[nH]c2ccccc12.[Na]. The standard InChI is InChI=1S/C12H13NO2.Na/c14-12(15)7-3-4-9-8-13-11-6-2-1-5-10(9)11;/h1-2,5-6,8,13H,3-4,7H2,(H,14,15);. The van der Waals surface area contributed by atoms with E-state index >= 15 is 0 Å². The van der Waals surface area contributed by atoms with Gasteiger partial charge >= 0.3 is 5.97 Å². The summed E-state index contributed by atoms with van der Waals surface area (Å²) < 4.78 is 0. The number of benzene rings is 1. The number of aromatic amines is 1. The van der Waals surface area contributed by atoms with Crippen molar-refractivity contribution in [3.63, 3.8) is 0 Å². The Morgan fingerprint density at radius 3 is 2.81 bits per heavy atom. The van der Waals surface area contributed by atoms with E-state index in [9.17, 15) is 4.79 Å². The predicted molar refractivity (Wildman–Crippen MR) is 64.6 cm³/mol. The number of nitrogens with one attached hydrogen (secondary N) is 1. The monoisotopic (exact) mass is 226 g/mol. The van der Waals surface area contributed by atoms with Crippen molar-refractivity contribution in [3.8, 4) is 0 Å². The number of para-hydroxylation sites is 1. The van der Waals surface area contributed by atoms with Gasteiger partial charge in [-0.3, -0.25) is 4.79 Å². The van der Waals surface area contributed by atoms with E-state index in [1.54, 1.807) is 0 Å². The Hall–Kier alpha value is -0.770. The van der Waals surface area contributed by atoms with Crippen LogP contribution in [-0.2, 0) is 11.2 Å². The van der Waals surface area contributed by atoms with Crippen LogP contribution in [0.2, 0.25) is 0 Å². The molecular formula is C12H13NNaO2. The van der Waals surface area contributed by atoms with Gasteiger partial charge in [0, 0.05) is 53.1 Å². The summed E-state index contributed by atoms with van der Waals surface area (Å²) in [5.41, 5.74) is 2.31. The molecule has 0 aliphatic heterocycles. The number of rotatable bonds is 4. The van der Waals surface area contributed by atoms with Gasteiger partial charge in [-0.1, -0.05) is 18.2 Å². The molecule has 0 unspecified atom stereocenters. The van der Waals surface area contributed by atoms with E-state index in [1.165, 1.54) is 10.9 Å². The van der Waals surface area contributed by atoms with Gasteiger partial charge in [0.1, 0.15) is 0 Å². The zero-order valence-corrected chi connectivity index (χ0v) is 11.4. The van der Waals surface area contributed by atoms with Crippen LogP contribution in [0.4, 0.5) is 0 Å². The number of fused-ring (bicyclic) bond motifs is 1. The van der Waals surface area contributed by atoms with Crippen LogP contribution in [0, 0.1) is 0 Å². The molecule has 1 aromatic carbocycles. The number of carboxylic acids is 1. The van der Waals surface area contributed by atoms with E-state index in [2.05, 4.69) is 11.1 Å². The first-order valence-electron chi connectivity index (χ1n) is 5.04. The Labute approximate surface area is 116 Å². The zero-order valence-electron chi connectivity index (χ0n) is 9.36. The van der Waals surface area contributed by atoms with Crippen LogP contribution in [-0.4, -0.2) is 45.6 Å². The van der Waals surface area contributed by atoms with Crippen molar-refractivity contribution in [2.24, 2.45) is 0 Å². The Morgan fingerprint density at radius 1 is 1.31 bits per heavy atom. The average Bonchev–Trinajstić information content (AvgIpc) is 2.62. The molecule has 0 saturated carbocycles. The summed E-state index contributed by atoms with van der Waals surface area (Å²) in [6, 6.07) is 8.06. The summed E-state index contributed by atoms with van der Waals surface area (Å²) in [5.74, 6) is -0.727. The van der Waals surface area contributed by atoms with Crippen LogP contribution in [0.15, 0.2) is 30.5 Å². The van der Waals surface area contributed by atoms with Crippen molar-refractivity contribution in [1.29, 1.82) is 0 Å². The molecule has 79 valence electrons. The number of aliphatic carboxylic acids is 1. The second-order valence-electron chi connectivity index (χ2n) is 3.61. The largest absolute Gasteiger partial charge is 0.481 e. The third kappa shape index (κ3) is 3.11. The maximum atomic E-state index is 10.4. The van der Waals surface area contributed by atoms with Crippen LogP contribution < -0.4 is 0 Å². The Bertz CT molecular complexity index is 479. The molecule has 2 N–H and O–H groups in total. The van der Waals surface area contributed by atoms with Crippen LogP contribution in [0.25, 0.3) is 10.9 Å². The summed E-state index contributed by atoms with van der Waals surface area (Å²) in [4.78, 5) is 13.6. The summed E-state index contributed by atoms with van der Waals surface area (Å²) in [5, 5.41) is 9.74. The number of H-pyrrole nitrogens is 1. The summed E-state index contributed by atoms with van der Waals surface area (Å²) in [7, 11) is 0. The topological polar surface area (TPSA) is 53.1 Å². The van der Waals surface area contributed by atoms with Crippen LogP contribution in [0.5, 0.6) is 0 Å². The summed E-state index contributed by atoms with van der Waals surface area (Å²) in [6.07, 6.45) is 3.71. The molecule has 0 saturated heterocycles. The zero-order chi connectivity index (χ0) is 10.7. The molecule has 4 heteroatoms. The van der Waals surface area contributed by atoms with Gasteiger partial charge in [-0.25, -0.2) is 0 Å². The van der Waals surface area contributed by atoms with Gasteiger partial charge in [-0.2, -0.15) is 0 Å². The maximum absolute atomic E-state index is 10.4. The van der Waals surface area contributed by atoms with Crippen molar-refractivity contribution >= 4 is 46.4 Å². The second kappa shape index (κ2) is 6.09. The molecule has 16 heavy (non-hydrogen) atoms. The molecule has 1 heterocycles. The first kappa shape index (κ1) is 13.3. The van der Waals surface area contributed by atoms with Crippen molar-refractivity contribution in [1.82, 2.24) is 4.98 Å².